The molecule has 0 aliphatic carbocycles. The van der Waals surface area contributed by atoms with Crippen molar-refractivity contribution in [3.63, 3.8) is 0 Å². The number of amides is 1. The van der Waals surface area contributed by atoms with Crippen molar-refractivity contribution in [1.82, 2.24) is 10.4 Å². The summed E-state index contributed by atoms with van der Waals surface area (Å²) in [6.45, 7) is 4.49. The number of carbonyl (C=O) groups excluding carboxylic acids is 1. The third-order valence-corrected chi connectivity index (χ3v) is 3.74. The second-order valence-electron chi connectivity index (χ2n) is 4.58. The maximum Gasteiger partial charge on any atom is 0.283 e. The Labute approximate surface area is 133 Å². The van der Waals surface area contributed by atoms with Gasteiger partial charge in [0, 0.05) is 0 Å². The number of hydrogen-bond donors (Lipinski definition) is 2. The van der Waals surface area contributed by atoms with E-state index in [0.29, 0.717) is 22.3 Å². The summed E-state index contributed by atoms with van der Waals surface area (Å²) in [5.41, 5.74) is 9.50. The van der Waals surface area contributed by atoms with E-state index in [2.05, 4.69) is 22.4 Å². The predicted molar refractivity (Wildman–Crippen MR) is 88.6 cm³/mol. The molecule has 6 nitrogen and oxygen atoms in total. The van der Waals surface area contributed by atoms with Gasteiger partial charge in [-0.3, -0.25) is 4.79 Å². The van der Waals surface area contributed by atoms with E-state index < -0.39 is 0 Å². The Morgan fingerprint density at radius 1 is 1.45 bits per heavy atom. The van der Waals surface area contributed by atoms with E-state index >= 15 is 0 Å². The molecule has 0 bridgehead atoms. The number of hydrogen-bond acceptors (Lipinski definition) is 6. The van der Waals surface area contributed by atoms with Gasteiger partial charge >= 0.3 is 0 Å². The third-order valence-electron chi connectivity index (χ3n) is 2.75. The van der Waals surface area contributed by atoms with E-state index in [9.17, 15) is 4.79 Å². The van der Waals surface area contributed by atoms with Crippen molar-refractivity contribution in [2.45, 2.75) is 20.3 Å². The first-order valence-corrected chi connectivity index (χ1v) is 7.71. The van der Waals surface area contributed by atoms with Gasteiger partial charge in [-0.05, 0) is 43.2 Å². The first-order chi connectivity index (χ1) is 10.6. The molecule has 0 fully saturated rings. The van der Waals surface area contributed by atoms with Crippen LogP contribution in [0.3, 0.4) is 0 Å². The minimum absolute atomic E-state index is 0.314. The molecule has 0 saturated heterocycles. The van der Waals surface area contributed by atoms with Crippen molar-refractivity contribution in [3.05, 3.63) is 40.4 Å². The number of thiazole rings is 1. The highest BCUT2D eigenvalue weighted by Gasteiger charge is 2.13. The van der Waals surface area contributed by atoms with Crippen molar-refractivity contribution < 1.29 is 9.53 Å². The Balaban J connectivity index is 1.92. The van der Waals surface area contributed by atoms with Crippen LogP contribution in [0.25, 0.3) is 0 Å². The number of aryl methyl sites for hydroxylation is 1. The van der Waals surface area contributed by atoms with Gasteiger partial charge in [0.15, 0.2) is 5.13 Å². The van der Waals surface area contributed by atoms with Crippen molar-refractivity contribution in [3.8, 4) is 5.75 Å². The highest BCUT2D eigenvalue weighted by molar-refractivity contribution is 7.17. The lowest BCUT2D eigenvalue weighted by molar-refractivity contribution is 0.0958. The number of nitrogens with one attached hydrogen (secondary N) is 1. The molecule has 2 rings (SSSR count). The van der Waals surface area contributed by atoms with E-state index in [1.165, 1.54) is 0 Å². The molecule has 116 valence electrons. The molecule has 1 aromatic heterocycles. The summed E-state index contributed by atoms with van der Waals surface area (Å²) in [5, 5.41) is 4.30. The SMILES string of the molecule is CCCOc1ccc(/C=N/NC(=O)c2sc(N)nc2C)cc1. The van der Waals surface area contributed by atoms with E-state index in [-0.39, 0.29) is 5.91 Å². The Morgan fingerprint density at radius 3 is 2.77 bits per heavy atom. The van der Waals surface area contributed by atoms with Gasteiger partial charge in [-0.15, -0.1) is 0 Å². The van der Waals surface area contributed by atoms with Gasteiger partial charge in [0.1, 0.15) is 10.6 Å². The summed E-state index contributed by atoms with van der Waals surface area (Å²) in [6, 6.07) is 7.48. The second kappa shape index (κ2) is 7.56. The van der Waals surface area contributed by atoms with Gasteiger partial charge in [0.05, 0.1) is 18.5 Å². The van der Waals surface area contributed by atoms with Crippen molar-refractivity contribution in [1.29, 1.82) is 0 Å². The van der Waals surface area contributed by atoms with Crippen LogP contribution in [0.5, 0.6) is 5.75 Å². The molecule has 0 aliphatic rings. The largest absolute Gasteiger partial charge is 0.494 e. The Morgan fingerprint density at radius 2 is 2.18 bits per heavy atom. The molecule has 1 aromatic carbocycles. The molecular weight excluding hydrogens is 300 g/mol. The fourth-order valence-corrected chi connectivity index (χ4v) is 2.44. The number of benzene rings is 1. The number of rotatable bonds is 6. The predicted octanol–water partition coefficient (Wildman–Crippen LogP) is 2.59. The molecule has 0 radical (unpaired) electrons. The van der Waals surface area contributed by atoms with Crippen molar-refractivity contribution in [2.24, 2.45) is 5.10 Å². The van der Waals surface area contributed by atoms with E-state index in [1.54, 1.807) is 13.1 Å². The van der Waals surface area contributed by atoms with Gasteiger partial charge < -0.3 is 10.5 Å². The lowest BCUT2D eigenvalue weighted by atomic mass is 10.2. The van der Waals surface area contributed by atoms with E-state index in [0.717, 1.165) is 29.1 Å². The first-order valence-electron chi connectivity index (χ1n) is 6.89. The maximum absolute atomic E-state index is 11.9. The zero-order chi connectivity index (χ0) is 15.9. The fourth-order valence-electron chi connectivity index (χ4n) is 1.71. The number of nitrogens with two attached hydrogens (primary N) is 1. The summed E-state index contributed by atoms with van der Waals surface area (Å²) in [7, 11) is 0. The van der Waals surface area contributed by atoms with Crippen LogP contribution in [-0.2, 0) is 0 Å². The van der Waals surface area contributed by atoms with Crippen LogP contribution >= 0.6 is 11.3 Å². The minimum atomic E-state index is -0.314. The molecule has 0 saturated carbocycles. The Bertz CT molecular complexity index is 665. The molecule has 1 heterocycles. The number of nitrogens with zero attached hydrogens (tertiary/aromatic N) is 2. The summed E-state index contributed by atoms with van der Waals surface area (Å²) in [4.78, 5) is 16.4. The standard InChI is InChI=1S/C15H18N4O2S/c1-3-8-21-12-6-4-11(5-7-12)9-17-19-14(20)13-10(2)18-15(16)22-13/h4-7,9H,3,8H2,1-2H3,(H2,16,18)(H,19,20)/b17-9+. The average molecular weight is 318 g/mol. The molecule has 0 unspecified atom stereocenters. The first kappa shape index (κ1) is 16.0. The van der Waals surface area contributed by atoms with E-state index in [1.807, 2.05) is 24.3 Å². The summed E-state index contributed by atoms with van der Waals surface area (Å²) in [6.07, 6.45) is 2.54. The maximum atomic E-state index is 11.9. The van der Waals surface area contributed by atoms with Crippen LogP contribution in [0.4, 0.5) is 5.13 Å². The van der Waals surface area contributed by atoms with Gasteiger partial charge in [0.25, 0.3) is 5.91 Å². The van der Waals surface area contributed by atoms with Crippen molar-refractivity contribution in [2.75, 3.05) is 12.3 Å². The second-order valence-corrected chi connectivity index (χ2v) is 5.61. The third kappa shape index (κ3) is 4.29. The highest BCUT2D eigenvalue weighted by atomic mass is 32.1. The summed E-state index contributed by atoms with van der Waals surface area (Å²) in [5.74, 6) is 0.504. The zero-order valence-electron chi connectivity index (χ0n) is 12.5. The molecule has 22 heavy (non-hydrogen) atoms. The molecule has 3 N–H and O–H groups in total. The normalized spacial score (nSPS) is 10.8. The van der Waals surface area contributed by atoms with Gasteiger partial charge in [-0.2, -0.15) is 5.10 Å². The molecule has 0 spiro atoms. The Hall–Kier alpha value is -2.41. The van der Waals surface area contributed by atoms with Crippen LogP contribution in [0.1, 0.15) is 34.3 Å². The van der Waals surface area contributed by atoms with E-state index in [4.69, 9.17) is 10.5 Å². The molecule has 7 heteroatoms. The molecular formula is C15H18N4O2S. The van der Waals surface area contributed by atoms with Crippen LogP contribution in [0.15, 0.2) is 29.4 Å². The van der Waals surface area contributed by atoms with Crippen molar-refractivity contribution >= 4 is 28.6 Å². The van der Waals surface area contributed by atoms with Crippen LogP contribution in [-0.4, -0.2) is 23.7 Å². The molecule has 0 atom stereocenters. The van der Waals surface area contributed by atoms with Gasteiger partial charge in [-0.25, -0.2) is 10.4 Å². The number of anilines is 1. The molecule has 2 aromatic rings. The minimum Gasteiger partial charge on any atom is -0.494 e. The number of aromatic nitrogens is 1. The van der Waals surface area contributed by atoms with Gasteiger partial charge in [0.2, 0.25) is 0 Å². The highest BCUT2D eigenvalue weighted by Crippen LogP contribution is 2.19. The zero-order valence-corrected chi connectivity index (χ0v) is 13.3. The van der Waals surface area contributed by atoms with Crippen LogP contribution < -0.4 is 15.9 Å². The quantitative estimate of drug-likeness (QED) is 0.633. The van der Waals surface area contributed by atoms with Gasteiger partial charge in [-0.1, -0.05) is 18.3 Å². The summed E-state index contributed by atoms with van der Waals surface area (Å²) < 4.78 is 5.49. The number of ether oxygens (including phenoxy) is 1. The molecule has 1 amide bonds. The monoisotopic (exact) mass is 318 g/mol. The average Bonchev–Trinajstić information content (AvgIpc) is 2.85. The lowest BCUT2D eigenvalue weighted by Crippen LogP contribution is -2.17. The van der Waals surface area contributed by atoms with Crippen LogP contribution in [0.2, 0.25) is 0 Å². The molecule has 0 aliphatic heterocycles. The number of hydrazone groups is 1. The summed E-state index contributed by atoms with van der Waals surface area (Å²) >= 11 is 1.14. The lowest BCUT2D eigenvalue weighted by Gasteiger charge is -2.03. The number of nitrogen functional groups attached to an aromatic ring is 1. The Kier molecular flexibility index (Phi) is 5.48. The number of carbonyl (C=O) groups is 1. The smallest absolute Gasteiger partial charge is 0.283 e. The fraction of sp³-hybridized carbons (Fsp3) is 0.267. The topological polar surface area (TPSA) is 89.6 Å². The van der Waals surface area contributed by atoms with Crippen LogP contribution in [0, 0.1) is 6.92 Å².